The molecule has 0 spiro atoms. The van der Waals surface area contributed by atoms with Crippen molar-refractivity contribution in [3.8, 4) is 0 Å². The minimum absolute atomic E-state index is 0.278. The summed E-state index contributed by atoms with van der Waals surface area (Å²) in [5.41, 5.74) is 0. The van der Waals surface area contributed by atoms with Crippen molar-refractivity contribution >= 4 is 50.3 Å². The molecule has 0 bridgehead atoms. The Hall–Kier alpha value is -1.24. The van der Waals surface area contributed by atoms with Gasteiger partial charge in [0.25, 0.3) is 0 Å². The lowest BCUT2D eigenvalue weighted by Gasteiger charge is -2.04. The van der Waals surface area contributed by atoms with Crippen molar-refractivity contribution < 1.29 is 0 Å². The van der Waals surface area contributed by atoms with Gasteiger partial charge >= 0.3 is 0 Å². The Morgan fingerprint density at radius 1 is 1.30 bits per heavy atom. The Morgan fingerprint density at radius 2 is 2.15 bits per heavy atom. The number of thiophene rings is 1. The number of aryl methyl sites for hydroxylation is 2. The molecule has 0 aliphatic rings. The SMILES string of the molecule is CCc1cc2c(NCc3ncc(C)s3)nc(Cl)nc2s1. The molecule has 104 valence electrons. The van der Waals surface area contributed by atoms with E-state index in [1.807, 2.05) is 13.1 Å². The first-order valence-electron chi connectivity index (χ1n) is 6.27. The molecule has 0 unspecified atom stereocenters. The molecule has 3 heterocycles. The van der Waals surface area contributed by atoms with E-state index in [1.165, 1.54) is 9.75 Å². The highest BCUT2D eigenvalue weighted by molar-refractivity contribution is 7.18. The van der Waals surface area contributed by atoms with E-state index in [0.29, 0.717) is 6.54 Å². The van der Waals surface area contributed by atoms with Crippen LogP contribution < -0.4 is 5.32 Å². The second-order valence-corrected chi connectivity index (χ2v) is 7.12. The van der Waals surface area contributed by atoms with Crippen LogP contribution in [-0.2, 0) is 13.0 Å². The van der Waals surface area contributed by atoms with Gasteiger partial charge in [-0.15, -0.1) is 22.7 Å². The average molecular weight is 325 g/mol. The zero-order chi connectivity index (χ0) is 14.1. The van der Waals surface area contributed by atoms with E-state index in [9.17, 15) is 0 Å². The van der Waals surface area contributed by atoms with Gasteiger partial charge in [0.2, 0.25) is 5.28 Å². The van der Waals surface area contributed by atoms with Gasteiger partial charge in [-0.1, -0.05) is 6.92 Å². The lowest BCUT2D eigenvalue weighted by Crippen LogP contribution is -2.02. The van der Waals surface area contributed by atoms with Crippen molar-refractivity contribution in [2.75, 3.05) is 5.32 Å². The van der Waals surface area contributed by atoms with Crippen molar-refractivity contribution in [2.24, 2.45) is 0 Å². The first-order valence-corrected chi connectivity index (χ1v) is 8.28. The second kappa shape index (κ2) is 5.63. The largest absolute Gasteiger partial charge is 0.363 e. The van der Waals surface area contributed by atoms with Crippen molar-refractivity contribution in [3.05, 3.63) is 32.3 Å². The van der Waals surface area contributed by atoms with Gasteiger partial charge in [0.15, 0.2) is 0 Å². The highest BCUT2D eigenvalue weighted by Gasteiger charge is 2.11. The number of hydrogen-bond acceptors (Lipinski definition) is 6. The minimum Gasteiger partial charge on any atom is -0.363 e. The molecule has 0 aromatic carbocycles. The van der Waals surface area contributed by atoms with Crippen molar-refractivity contribution in [3.63, 3.8) is 0 Å². The average Bonchev–Trinajstić information content (AvgIpc) is 3.01. The topological polar surface area (TPSA) is 50.7 Å². The van der Waals surface area contributed by atoms with Crippen LogP contribution >= 0.6 is 34.3 Å². The summed E-state index contributed by atoms with van der Waals surface area (Å²) in [6.45, 7) is 4.83. The van der Waals surface area contributed by atoms with E-state index in [-0.39, 0.29) is 5.28 Å². The van der Waals surface area contributed by atoms with Gasteiger partial charge < -0.3 is 5.32 Å². The molecule has 3 aromatic heterocycles. The zero-order valence-electron chi connectivity index (χ0n) is 11.1. The van der Waals surface area contributed by atoms with Crippen molar-refractivity contribution in [2.45, 2.75) is 26.8 Å². The lowest BCUT2D eigenvalue weighted by atomic mass is 10.3. The third kappa shape index (κ3) is 2.77. The molecule has 0 saturated heterocycles. The minimum atomic E-state index is 0.278. The maximum atomic E-state index is 5.99. The van der Waals surface area contributed by atoms with Crippen LogP contribution in [0.15, 0.2) is 12.3 Å². The number of fused-ring (bicyclic) bond motifs is 1. The molecule has 3 rings (SSSR count). The molecule has 0 fully saturated rings. The molecule has 0 aliphatic carbocycles. The molecule has 3 aromatic rings. The highest BCUT2D eigenvalue weighted by Crippen LogP contribution is 2.30. The number of nitrogens with one attached hydrogen (secondary N) is 1. The molecule has 0 atom stereocenters. The van der Waals surface area contributed by atoms with Gasteiger partial charge in [0.1, 0.15) is 15.7 Å². The number of halogens is 1. The summed E-state index contributed by atoms with van der Waals surface area (Å²) >= 11 is 9.34. The molecule has 0 aliphatic heterocycles. The Morgan fingerprint density at radius 3 is 2.85 bits per heavy atom. The van der Waals surface area contributed by atoms with Gasteiger partial charge in [-0.3, -0.25) is 0 Å². The summed E-state index contributed by atoms with van der Waals surface area (Å²) in [4.78, 5) is 16.3. The smallest absolute Gasteiger partial charge is 0.225 e. The summed E-state index contributed by atoms with van der Waals surface area (Å²) in [6, 6.07) is 2.13. The molecule has 0 amide bonds. The summed E-state index contributed by atoms with van der Waals surface area (Å²) in [5.74, 6) is 0.781. The fourth-order valence-corrected chi connectivity index (χ4v) is 3.81. The fraction of sp³-hybridized carbons (Fsp3) is 0.308. The Balaban J connectivity index is 1.91. The lowest BCUT2D eigenvalue weighted by molar-refractivity contribution is 1.07. The van der Waals surface area contributed by atoms with Crippen molar-refractivity contribution in [1.82, 2.24) is 15.0 Å². The molecule has 4 nitrogen and oxygen atoms in total. The summed E-state index contributed by atoms with van der Waals surface area (Å²) in [7, 11) is 0. The maximum absolute atomic E-state index is 5.99. The molecule has 0 radical (unpaired) electrons. The molecule has 1 N–H and O–H groups in total. The van der Waals surface area contributed by atoms with Gasteiger partial charge in [-0.25, -0.2) is 15.0 Å². The number of anilines is 1. The normalized spacial score (nSPS) is 11.2. The highest BCUT2D eigenvalue weighted by atomic mass is 35.5. The fourth-order valence-electron chi connectivity index (χ4n) is 1.90. The van der Waals surface area contributed by atoms with Crippen LogP contribution in [-0.4, -0.2) is 15.0 Å². The predicted molar refractivity (Wildman–Crippen MR) is 86.0 cm³/mol. The number of aromatic nitrogens is 3. The second-order valence-electron chi connectivity index (χ2n) is 4.34. The zero-order valence-corrected chi connectivity index (χ0v) is 13.5. The maximum Gasteiger partial charge on any atom is 0.225 e. The Labute approximate surface area is 129 Å². The monoisotopic (exact) mass is 324 g/mol. The van der Waals surface area contributed by atoms with E-state index >= 15 is 0 Å². The number of hydrogen-bond donors (Lipinski definition) is 1. The van der Waals surface area contributed by atoms with Crippen molar-refractivity contribution in [1.29, 1.82) is 0 Å². The van der Waals surface area contributed by atoms with E-state index < -0.39 is 0 Å². The van der Waals surface area contributed by atoms with Crippen LogP contribution in [0.1, 0.15) is 21.7 Å². The first-order chi connectivity index (χ1) is 9.65. The van der Waals surface area contributed by atoms with E-state index in [1.54, 1.807) is 22.7 Å². The number of nitrogens with zero attached hydrogens (tertiary/aromatic N) is 3. The first kappa shape index (κ1) is 13.7. The van der Waals surface area contributed by atoms with E-state index in [2.05, 4.69) is 33.3 Å². The number of rotatable bonds is 4. The molecule has 0 saturated carbocycles. The predicted octanol–water partition coefficient (Wildman–Crippen LogP) is 4.28. The van der Waals surface area contributed by atoms with Crippen LogP contribution in [0.4, 0.5) is 5.82 Å². The quantitative estimate of drug-likeness (QED) is 0.727. The summed E-state index contributed by atoms with van der Waals surface area (Å²) in [5, 5.41) is 5.66. The van der Waals surface area contributed by atoms with E-state index in [4.69, 9.17) is 11.6 Å². The Bertz CT molecular complexity index is 750. The van der Waals surface area contributed by atoms with Gasteiger partial charge in [0, 0.05) is 16.0 Å². The third-order valence-electron chi connectivity index (χ3n) is 2.84. The van der Waals surface area contributed by atoms with Gasteiger partial charge in [-0.2, -0.15) is 0 Å². The Kier molecular flexibility index (Phi) is 3.87. The van der Waals surface area contributed by atoms with Crippen LogP contribution in [0.2, 0.25) is 5.28 Å². The molecular weight excluding hydrogens is 312 g/mol. The van der Waals surface area contributed by atoms with Gasteiger partial charge in [0.05, 0.1) is 11.9 Å². The van der Waals surface area contributed by atoms with Crippen LogP contribution in [0.25, 0.3) is 10.2 Å². The summed E-state index contributed by atoms with van der Waals surface area (Å²) in [6.07, 6.45) is 2.87. The molecule has 7 heteroatoms. The summed E-state index contributed by atoms with van der Waals surface area (Å²) < 4.78 is 0. The standard InChI is InChI=1S/C13H13ClN4S2/c1-3-8-4-9-11(17-13(14)18-12(9)20-8)16-6-10-15-5-7(2)19-10/h4-5H,3,6H2,1-2H3,(H,16,17,18). The molecule has 20 heavy (non-hydrogen) atoms. The van der Waals surface area contributed by atoms with Crippen LogP contribution in [0, 0.1) is 6.92 Å². The van der Waals surface area contributed by atoms with Crippen LogP contribution in [0.3, 0.4) is 0 Å². The van der Waals surface area contributed by atoms with Gasteiger partial charge in [-0.05, 0) is 31.0 Å². The van der Waals surface area contributed by atoms with E-state index in [0.717, 1.165) is 27.5 Å². The third-order valence-corrected chi connectivity index (χ3v) is 5.10. The van der Waals surface area contributed by atoms with Crippen LogP contribution in [0.5, 0.6) is 0 Å². The molecular formula is C13H13ClN4S2. The number of thiazole rings is 1.